The minimum Gasteiger partial charge on any atom is -0.447 e. The molecule has 0 bridgehead atoms. The largest absolute Gasteiger partial charge is 0.447 e. The molecule has 0 atom stereocenters. The number of ether oxygens (including phenoxy) is 1. The fourth-order valence-corrected chi connectivity index (χ4v) is 3.21. The Kier molecular flexibility index (Phi) is 7.37. The summed E-state index contributed by atoms with van der Waals surface area (Å²) in [7, 11) is -2.04. The molecule has 0 fully saturated rings. The van der Waals surface area contributed by atoms with Gasteiger partial charge in [-0.3, -0.25) is 0 Å². The highest BCUT2D eigenvalue weighted by Gasteiger charge is 2.26. The predicted octanol–water partition coefficient (Wildman–Crippen LogP) is 1.68. The Morgan fingerprint density at radius 1 is 1.38 bits per heavy atom. The van der Waals surface area contributed by atoms with Gasteiger partial charge in [0.2, 0.25) is 5.09 Å². The summed E-state index contributed by atoms with van der Waals surface area (Å²) in [6.07, 6.45) is 0. The quantitative estimate of drug-likeness (QED) is 0.711. The van der Waals surface area contributed by atoms with Crippen LogP contribution in [0.5, 0.6) is 0 Å². The lowest BCUT2D eigenvalue weighted by Gasteiger charge is -2.18. The summed E-state index contributed by atoms with van der Waals surface area (Å²) < 4.78 is 36.6. The minimum atomic E-state index is -3.59. The Morgan fingerprint density at radius 2 is 2.10 bits per heavy atom. The molecule has 21 heavy (non-hydrogen) atoms. The van der Waals surface area contributed by atoms with Crippen LogP contribution in [-0.4, -0.2) is 46.1 Å². The van der Waals surface area contributed by atoms with Gasteiger partial charge in [-0.2, -0.15) is 4.31 Å². The Bertz CT molecular complexity index is 511. The van der Waals surface area contributed by atoms with Crippen molar-refractivity contribution >= 4 is 10.0 Å². The highest BCUT2D eigenvalue weighted by Crippen LogP contribution is 2.18. The molecule has 1 rings (SSSR count). The second-order valence-corrected chi connectivity index (χ2v) is 7.10. The lowest BCUT2D eigenvalue weighted by molar-refractivity contribution is 0.179. The first-order chi connectivity index (χ1) is 9.91. The van der Waals surface area contributed by atoms with Crippen LogP contribution in [0.2, 0.25) is 0 Å². The molecule has 1 aromatic rings. The van der Waals surface area contributed by atoms with E-state index in [0.29, 0.717) is 37.9 Å². The van der Waals surface area contributed by atoms with Gasteiger partial charge in [-0.15, -0.1) is 0 Å². The first-order valence-electron chi connectivity index (χ1n) is 7.20. The Balaban J connectivity index is 2.72. The number of methoxy groups -OCH3 is 1. The maximum absolute atomic E-state index is 12.4. The maximum Gasteiger partial charge on any atom is 0.276 e. The summed E-state index contributed by atoms with van der Waals surface area (Å²) in [5.74, 6) is 1.16. The third-order valence-electron chi connectivity index (χ3n) is 2.98. The molecule has 0 radical (unpaired) electrons. The monoisotopic (exact) mass is 318 g/mol. The molecule has 0 aliphatic carbocycles. The SMILES string of the molecule is CCN(CCOC)S(=O)(=O)c1ccc(CNCC(C)C)o1. The molecule has 0 amide bonds. The molecule has 7 heteroatoms. The maximum atomic E-state index is 12.4. The Labute approximate surface area is 127 Å². The average molecular weight is 318 g/mol. The van der Waals surface area contributed by atoms with Crippen LogP contribution in [0.15, 0.2) is 21.6 Å². The van der Waals surface area contributed by atoms with Gasteiger partial charge in [0.1, 0.15) is 5.76 Å². The van der Waals surface area contributed by atoms with E-state index < -0.39 is 10.0 Å². The van der Waals surface area contributed by atoms with E-state index in [0.717, 1.165) is 6.54 Å². The summed E-state index contributed by atoms with van der Waals surface area (Å²) in [6.45, 7) is 8.46. The second-order valence-electron chi connectivity index (χ2n) is 5.23. The minimum absolute atomic E-state index is 0.0122. The number of likely N-dealkylation sites (N-methyl/N-ethyl adjacent to an activating group) is 1. The van der Waals surface area contributed by atoms with Crippen LogP contribution in [0.25, 0.3) is 0 Å². The van der Waals surface area contributed by atoms with Gasteiger partial charge < -0.3 is 14.5 Å². The van der Waals surface area contributed by atoms with E-state index in [2.05, 4.69) is 19.2 Å². The van der Waals surface area contributed by atoms with Crippen LogP contribution in [0.3, 0.4) is 0 Å². The zero-order chi connectivity index (χ0) is 15.9. The van der Waals surface area contributed by atoms with Gasteiger partial charge in [-0.25, -0.2) is 8.42 Å². The summed E-state index contributed by atoms with van der Waals surface area (Å²) in [4.78, 5) is 0. The fraction of sp³-hybridized carbons (Fsp3) is 0.714. The van der Waals surface area contributed by atoms with Crippen molar-refractivity contribution in [2.24, 2.45) is 5.92 Å². The Morgan fingerprint density at radius 3 is 2.67 bits per heavy atom. The van der Waals surface area contributed by atoms with Crippen LogP contribution < -0.4 is 5.32 Å². The third kappa shape index (κ3) is 5.43. The van der Waals surface area contributed by atoms with Crippen LogP contribution in [-0.2, 0) is 21.3 Å². The highest BCUT2D eigenvalue weighted by atomic mass is 32.2. The van der Waals surface area contributed by atoms with Crippen molar-refractivity contribution in [3.63, 3.8) is 0 Å². The van der Waals surface area contributed by atoms with Crippen molar-refractivity contribution in [1.82, 2.24) is 9.62 Å². The predicted molar refractivity (Wildman–Crippen MR) is 81.6 cm³/mol. The van der Waals surface area contributed by atoms with E-state index in [1.807, 2.05) is 0 Å². The average Bonchev–Trinajstić information content (AvgIpc) is 2.88. The zero-order valence-electron chi connectivity index (χ0n) is 13.3. The van der Waals surface area contributed by atoms with Gasteiger partial charge in [0.05, 0.1) is 13.2 Å². The number of sulfonamides is 1. The third-order valence-corrected chi connectivity index (χ3v) is 4.83. The molecule has 0 aliphatic rings. The van der Waals surface area contributed by atoms with Crippen molar-refractivity contribution in [1.29, 1.82) is 0 Å². The van der Waals surface area contributed by atoms with Crippen molar-refractivity contribution in [3.05, 3.63) is 17.9 Å². The van der Waals surface area contributed by atoms with Gasteiger partial charge in [-0.05, 0) is 24.6 Å². The van der Waals surface area contributed by atoms with E-state index in [4.69, 9.17) is 9.15 Å². The highest BCUT2D eigenvalue weighted by molar-refractivity contribution is 7.89. The van der Waals surface area contributed by atoms with Crippen molar-refractivity contribution in [2.45, 2.75) is 32.4 Å². The molecule has 6 nitrogen and oxygen atoms in total. The lowest BCUT2D eigenvalue weighted by atomic mass is 10.2. The number of rotatable bonds is 10. The molecule has 1 heterocycles. The first kappa shape index (κ1) is 18.2. The van der Waals surface area contributed by atoms with Crippen LogP contribution in [0.4, 0.5) is 0 Å². The summed E-state index contributed by atoms with van der Waals surface area (Å²) in [5.41, 5.74) is 0. The van der Waals surface area contributed by atoms with E-state index >= 15 is 0 Å². The smallest absolute Gasteiger partial charge is 0.276 e. The molecular formula is C14H26N2O4S. The van der Waals surface area contributed by atoms with Crippen molar-refractivity contribution in [3.8, 4) is 0 Å². The van der Waals surface area contributed by atoms with E-state index in [1.165, 1.54) is 10.4 Å². The van der Waals surface area contributed by atoms with Crippen molar-refractivity contribution < 1.29 is 17.6 Å². The molecule has 0 spiro atoms. The second kappa shape index (κ2) is 8.53. The van der Waals surface area contributed by atoms with Crippen LogP contribution in [0.1, 0.15) is 26.5 Å². The van der Waals surface area contributed by atoms with E-state index in [-0.39, 0.29) is 5.09 Å². The molecular weight excluding hydrogens is 292 g/mol. The Hall–Kier alpha value is -0.890. The lowest BCUT2D eigenvalue weighted by Crippen LogP contribution is -2.33. The number of hydrogen-bond donors (Lipinski definition) is 1. The number of furan rings is 1. The number of nitrogens with one attached hydrogen (secondary N) is 1. The van der Waals surface area contributed by atoms with Gasteiger partial charge in [0.25, 0.3) is 10.0 Å². The molecule has 1 N–H and O–H groups in total. The summed E-state index contributed by atoms with van der Waals surface area (Å²) >= 11 is 0. The first-order valence-corrected chi connectivity index (χ1v) is 8.64. The standard InChI is InChI=1S/C14H26N2O4S/c1-5-16(8-9-19-4)21(17,18)14-7-6-13(20-14)11-15-10-12(2)3/h6-7,12,15H,5,8-11H2,1-4H3. The van der Waals surface area contributed by atoms with E-state index in [9.17, 15) is 8.42 Å². The number of nitrogens with zero attached hydrogens (tertiary/aromatic N) is 1. The topological polar surface area (TPSA) is 71.8 Å². The molecule has 1 aromatic heterocycles. The van der Waals surface area contributed by atoms with Crippen LogP contribution in [0, 0.1) is 5.92 Å². The van der Waals surface area contributed by atoms with Crippen LogP contribution >= 0.6 is 0 Å². The van der Waals surface area contributed by atoms with Gasteiger partial charge >= 0.3 is 0 Å². The number of hydrogen-bond acceptors (Lipinski definition) is 5. The summed E-state index contributed by atoms with van der Waals surface area (Å²) in [6, 6.07) is 3.21. The van der Waals surface area contributed by atoms with Gasteiger partial charge in [0.15, 0.2) is 0 Å². The molecule has 122 valence electrons. The molecule has 0 aliphatic heterocycles. The normalized spacial score (nSPS) is 12.5. The molecule has 0 unspecified atom stereocenters. The zero-order valence-corrected chi connectivity index (χ0v) is 14.1. The summed E-state index contributed by atoms with van der Waals surface area (Å²) in [5, 5.41) is 3.21. The van der Waals surface area contributed by atoms with Gasteiger partial charge in [-0.1, -0.05) is 20.8 Å². The molecule has 0 saturated heterocycles. The fourth-order valence-electron chi connectivity index (χ4n) is 1.84. The van der Waals surface area contributed by atoms with E-state index in [1.54, 1.807) is 20.1 Å². The van der Waals surface area contributed by atoms with Crippen molar-refractivity contribution in [2.75, 3.05) is 33.4 Å². The molecule has 0 saturated carbocycles. The van der Waals surface area contributed by atoms with Gasteiger partial charge in [0, 0.05) is 20.2 Å². The molecule has 0 aromatic carbocycles.